The minimum absolute atomic E-state index is 0.161. The van der Waals surface area contributed by atoms with Gasteiger partial charge in [0, 0.05) is 24.2 Å². The highest BCUT2D eigenvalue weighted by Crippen LogP contribution is 2.38. The van der Waals surface area contributed by atoms with Crippen molar-refractivity contribution in [1.29, 1.82) is 0 Å². The van der Waals surface area contributed by atoms with Crippen LogP contribution in [0.3, 0.4) is 0 Å². The Morgan fingerprint density at radius 3 is 2.38 bits per heavy atom. The smallest absolute Gasteiger partial charge is 0.328 e. The van der Waals surface area contributed by atoms with Gasteiger partial charge in [0.05, 0.1) is 18.4 Å². The Morgan fingerprint density at radius 1 is 1.15 bits per heavy atom. The van der Waals surface area contributed by atoms with Crippen LogP contribution < -0.4 is 30.7 Å². The van der Waals surface area contributed by atoms with Crippen LogP contribution in [-0.2, 0) is 15.0 Å². The van der Waals surface area contributed by atoms with E-state index in [4.69, 9.17) is 15.2 Å². The number of urea groups is 1. The summed E-state index contributed by atoms with van der Waals surface area (Å²) in [5.41, 5.74) is 6.21. The molecule has 1 fully saturated rings. The first-order valence-electron chi connectivity index (χ1n) is 10.7. The number of rotatable bonds is 7. The third-order valence-corrected chi connectivity index (χ3v) is 5.15. The number of nitrogens with zero attached hydrogens (tertiary/aromatic N) is 1. The van der Waals surface area contributed by atoms with E-state index >= 15 is 0 Å². The molecule has 0 unspecified atom stereocenters. The number of methoxy groups -OCH3 is 1. The van der Waals surface area contributed by atoms with E-state index in [9.17, 15) is 19.2 Å². The summed E-state index contributed by atoms with van der Waals surface area (Å²) in [6, 6.07) is 9.01. The second-order valence-corrected chi connectivity index (χ2v) is 8.77. The predicted octanol–water partition coefficient (Wildman–Crippen LogP) is 2.56. The number of primary amides is 1. The Labute approximate surface area is 197 Å². The zero-order chi connectivity index (χ0) is 25.0. The standard InChI is InChI=1S/C24H28N4O6/c1-24(2,3)18-12-15(28-20(30)9-10-26-23(28)32)11-17(21(18)33-4)22(31)27-14-5-7-16(8-6-14)34-13-19(25)29/h5-8,11-12H,9-10,13H2,1-4H3,(H2,25,29)(H,26,32)(H,27,31). The van der Waals surface area contributed by atoms with E-state index in [0.717, 1.165) is 4.90 Å². The van der Waals surface area contributed by atoms with E-state index in [1.54, 1.807) is 30.3 Å². The van der Waals surface area contributed by atoms with Gasteiger partial charge < -0.3 is 25.8 Å². The predicted molar refractivity (Wildman–Crippen MR) is 126 cm³/mol. The lowest BCUT2D eigenvalue weighted by atomic mass is 9.84. The summed E-state index contributed by atoms with van der Waals surface area (Å²) in [6.45, 7) is 5.84. The highest BCUT2D eigenvalue weighted by molar-refractivity contribution is 6.17. The van der Waals surface area contributed by atoms with Gasteiger partial charge in [-0.1, -0.05) is 20.8 Å². The van der Waals surface area contributed by atoms with Crippen molar-refractivity contribution < 1.29 is 28.7 Å². The van der Waals surface area contributed by atoms with Crippen molar-refractivity contribution in [2.75, 3.05) is 30.5 Å². The zero-order valence-electron chi connectivity index (χ0n) is 19.6. The van der Waals surface area contributed by atoms with Gasteiger partial charge in [-0.2, -0.15) is 0 Å². The van der Waals surface area contributed by atoms with Crippen LogP contribution in [0.1, 0.15) is 43.1 Å². The number of imide groups is 1. The molecular weight excluding hydrogens is 440 g/mol. The minimum Gasteiger partial charge on any atom is -0.496 e. The molecule has 180 valence electrons. The quantitative estimate of drug-likeness (QED) is 0.571. The summed E-state index contributed by atoms with van der Waals surface area (Å²) in [4.78, 5) is 50.1. The molecular formula is C24H28N4O6. The van der Waals surface area contributed by atoms with E-state index in [-0.39, 0.29) is 36.7 Å². The van der Waals surface area contributed by atoms with Gasteiger partial charge in [0.1, 0.15) is 11.5 Å². The number of anilines is 2. The molecule has 0 aliphatic carbocycles. The lowest BCUT2D eigenvalue weighted by Gasteiger charge is -2.30. The molecule has 1 heterocycles. The molecule has 0 bridgehead atoms. The molecule has 10 nitrogen and oxygen atoms in total. The zero-order valence-corrected chi connectivity index (χ0v) is 19.6. The highest BCUT2D eigenvalue weighted by Gasteiger charge is 2.32. The van der Waals surface area contributed by atoms with Gasteiger partial charge >= 0.3 is 6.03 Å². The molecule has 2 aromatic rings. The lowest BCUT2D eigenvalue weighted by Crippen LogP contribution is -2.50. The summed E-state index contributed by atoms with van der Waals surface area (Å²) in [6.07, 6.45) is 0.161. The first kappa shape index (κ1) is 24.6. The Morgan fingerprint density at radius 2 is 1.82 bits per heavy atom. The molecule has 5 amide bonds. The molecule has 0 radical (unpaired) electrons. The van der Waals surface area contributed by atoms with E-state index in [2.05, 4.69) is 10.6 Å². The highest BCUT2D eigenvalue weighted by atomic mass is 16.5. The summed E-state index contributed by atoms with van der Waals surface area (Å²) in [5.74, 6) is -0.674. The average molecular weight is 469 g/mol. The number of nitrogens with two attached hydrogens (primary N) is 1. The molecule has 4 N–H and O–H groups in total. The number of hydrogen-bond donors (Lipinski definition) is 3. The SMILES string of the molecule is COc1c(C(=O)Nc2ccc(OCC(N)=O)cc2)cc(N2C(=O)CCNC2=O)cc1C(C)(C)C. The third-order valence-electron chi connectivity index (χ3n) is 5.15. The molecule has 0 spiro atoms. The molecule has 0 saturated carbocycles. The van der Waals surface area contributed by atoms with Crippen LogP contribution in [0.4, 0.5) is 16.2 Å². The maximum Gasteiger partial charge on any atom is 0.328 e. The number of carbonyl (C=O) groups excluding carboxylic acids is 4. The maximum atomic E-state index is 13.3. The fraction of sp³-hybridized carbons (Fsp3) is 0.333. The van der Waals surface area contributed by atoms with Gasteiger partial charge in [-0.25, -0.2) is 9.69 Å². The Balaban J connectivity index is 1.98. The van der Waals surface area contributed by atoms with Crippen molar-refractivity contribution in [1.82, 2.24) is 5.32 Å². The van der Waals surface area contributed by atoms with Gasteiger partial charge in [0.15, 0.2) is 6.61 Å². The van der Waals surface area contributed by atoms with E-state index in [1.807, 2.05) is 20.8 Å². The second-order valence-electron chi connectivity index (χ2n) is 8.77. The first-order chi connectivity index (χ1) is 16.0. The summed E-state index contributed by atoms with van der Waals surface area (Å²) in [7, 11) is 1.46. The van der Waals surface area contributed by atoms with E-state index in [0.29, 0.717) is 22.7 Å². The number of nitrogens with one attached hydrogen (secondary N) is 2. The van der Waals surface area contributed by atoms with Crippen LogP contribution in [0.25, 0.3) is 0 Å². The van der Waals surface area contributed by atoms with Gasteiger partial charge in [-0.15, -0.1) is 0 Å². The lowest BCUT2D eigenvalue weighted by molar-refractivity contribution is -0.120. The van der Waals surface area contributed by atoms with Gasteiger partial charge in [0.2, 0.25) is 5.91 Å². The van der Waals surface area contributed by atoms with Crippen LogP contribution in [0.2, 0.25) is 0 Å². The summed E-state index contributed by atoms with van der Waals surface area (Å²) < 4.78 is 10.8. The Kier molecular flexibility index (Phi) is 7.09. The van der Waals surface area contributed by atoms with Crippen LogP contribution in [-0.4, -0.2) is 44.0 Å². The molecule has 3 rings (SSSR count). The van der Waals surface area contributed by atoms with Crippen molar-refractivity contribution in [3.8, 4) is 11.5 Å². The van der Waals surface area contributed by atoms with Crippen LogP contribution in [0.5, 0.6) is 11.5 Å². The number of carbonyl (C=O) groups is 4. The van der Waals surface area contributed by atoms with Gasteiger partial charge in [-0.3, -0.25) is 14.4 Å². The summed E-state index contributed by atoms with van der Waals surface area (Å²) in [5, 5.41) is 5.44. The minimum atomic E-state index is -0.597. The van der Waals surface area contributed by atoms with Crippen molar-refractivity contribution in [2.24, 2.45) is 5.73 Å². The average Bonchev–Trinajstić information content (AvgIpc) is 2.77. The monoisotopic (exact) mass is 468 g/mol. The fourth-order valence-electron chi connectivity index (χ4n) is 3.52. The van der Waals surface area contributed by atoms with E-state index < -0.39 is 23.3 Å². The number of hydrogen-bond acceptors (Lipinski definition) is 6. The van der Waals surface area contributed by atoms with Crippen molar-refractivity contribution in [3.05, 3.63) is 47.5 Å². The van der Waals surface area contributed by atoms with Crippen molar-refractivity contribution >= 4 is 35.1 Å². The normalized spacial score (nSPS) is 13.8. The van der Waals surface area contributed by atoms with Crippen LogP contribution >= 0.6 is 0 Å². The molecule has 2 aromatic carbocycles. The Bertz CT molecular complexity index is 1110. The van der Waals surface area contributed by atoms with Crippen LogP contribution in [0, 0.1) is 0 Å². The second kappa shape index (κ2) is 9.82. The molecule has 0 atom stereocenters. The Hall–Kier alpha value is -4.08. The molecule has 1 aliphatic heterocycles. The number of amides is 5. The molecule has 1 saturated heterocycles. The van der Waals surface area contributed by atoms with Gasteiger partial charge in [-0.05, 0) is 41.8 Å². The molecule has 10 heteroatoms. The molecule has 1 aliphatic rings. The van der Waals surface area contributed by atoms with Crippen molar-refractivity contribution in [2.45, 2.75) is 32.6 Å². The van der Waals surface area contributed by atoms with Crippen molar-refractivity contribution in [3.63, 3.8) is 0 Å². The third kappa shape index (κ3) is 5.45. The number of benzene rings is 2. The first-order valence-corrected chi connectivity index (χ1v) is 10.7. The number of ether oxygens (including phenoxy) is 2. The largest absolute Gasteiger partial charge is 0.496 e. The van der Waals surface area contributed by atoms with Crippen LogP contribution in [0.15, 0.2) is 36.4 Å². The van der Waals surface area contributed by atoms with E-state index in [1.165, 1.54) is 13.2 Å². The molecule has 34 heavy (non-hydrogen) atoms. The van der Waals surface area contributed by atoms with Gasteiger partial charge in [0.25, 0.3) is 11.8 Å². The fourth-order valence-corrected chi connectivity index (χ4v) is 3.52. The molecule has 0 aromatic heterocycles. The maximum absolute atomic E-state index is 13.3. The summed E-state index contributed by atoms with van der Waals surface area (Å²) >= 11 is 0. The topological polar surface area (TPSA) is 140 Å².